The minimum absolute atomic E-state index is 0.708. The summed E-state index contributed by atoms with van der Waals surface area (Å²) in [5.41, 5.74) is 3.28. The summed E-state index contributed by atoms with van der Waals surface area (Å²) in [6, 6.07) is 8.16. The lowest BCUT2D eigenvalue weighted by Gasteiger charge is -2.05. The molecule has 0 spiro atoms. The third-order valence-corrected chi connectivity index (χ3v) is 2.39. The van der Waals surface area contributed by atoms with Gasteiger partial charge in [0.2, 0.25) is 0 Å². The van der Waals surface area contributed by atoms with E-state index in [-0.39, 0.29) is 0 Å². The maximum Gasteiger partial charge on any atom is 0.0730 e. The van der Waals surface area contributed by atoms with E-state index < -0.39 is 0 Å². The van der Waals surface area contributed by atoms with E-state index in [1.165, 1.54) is 5.56 Å². The molecule has 0 saturated carbocycles. The van der Waals surface area contributed by atoms with Crippen molar-refractivity contribution < 1.29 is 0 Å². The smallest absolute Gasteiger partial charge is 0.0730 e. The molecule has 1 aromatic heterocycles. The van der Waals surface area contributed by atoms with Crippen LogP contribution >= 0.6 is 0 Å². The third kappa shape index (κ3) is 2.12. The highest BCUT2D eigenvalue weighted by molar-refractivity contribution is 5.35. The first-order valence-corrected chi connectivity index (χ1v) is 5.21. The zero-order chi connectivity index (χ0) is 11.4. The average Bonchev–Trinajstić information content (AvgIpc) is 2.74. The summed E-state index contributed by atoms with van der Waals surface area (Å²) in [4.78, 5) is 0. The Morgan fingerprint density at radius 2 is 2.31 bits per heavy atom. The number of nitrogens with zero attached hydrogens (tertiary/aromatic N) is 3. The molecule has 0 aliphatic heterocycles. The van der Waals surface area contributed by atoms with Crippen LogP contribution in [0.5, 0.6) is 0 Å². The van der Waals surface area contributed by atoms with E-state index in [1.54, 1.807) is 6.20 Å². The Morgan fingerprint density at radius 3 is 3.06 bits per heavy atom. The van der Waals surface area contributed by atoms with Gasteiger partial charge in [0.15, 0.2) is 0 Å². The van der Waals surface area contributed by atoms with Crippen LogP contribution in [-0.4, -0.2) is 15.0 Å². The standard InChI is InChI=1S/C13H13N3/c1-3-4-7-13-10-14-15-16(13)12-8-5-6-11(2)9-12/h1,5-6,8-10H,4,7H2,2H3. The van der Waals surface area contributed by atoms with E-state index >= 15 is 0 Å². The summed E-state index contributed by atoms with van der Waals surface area (Å²) in [5.74, 6) is 2.63. The molecule has 0 radical (unpaired) electrons. The number of aromatic nitrogens is 3. The fraction of sp³-hybridized carbons (Fsp3) is 0.231. The van der Waals surface area contributed by atoms with Crippen molar-refractivity contribution in [2.45, 2.75) is 19.8 Å². The van der Waals surface area contributed by atoms with Gasteiger partial charge >= 0.3 is 0 Å². The first kappa shape index (κ1) is 10.4. The predicted molar refractivity (Wildman–Crippen MR) is 63.3 cm³/mol. The number of hydrogen-bond acceptors (Lipinski definition) is 2. The van der Waals surface area contributed by atoms with Gasteiger partial charge in [0.1, 0.15) is 0 Å². The lowest BCUT2D eigenvalue weighted by atomic mass is 10.2. The Labute approximate surface area is 95.1 Å². The van der Waals surface area contributed by atoms with E-state index in [1.807, 2.05) is 16.8 Å². The summed E-state index contributed by atoms with van der Waals surface area (Å²) in [5, 5.41) is 8.00. The van der Waals surface area contributed by atoms with Crippen LogP contribution in [0.1, 0.15) is 17.7 Å². The van der Waals surface area contributed by atoms with Crippen molar-refractivity contribution >= 4 is 0 Å². The normalized spacial score (nSPS) is 10.0. The van der Waals surface area contributed by atoms with E-state index in [4.69, 9.17) is 6.42 Å². The molecule has 0 saturated heterocycles. The van der Waals surface area contributed by atoms with Crippen molar-refractivity contribution in [3.05, 3.63) is 41.7 Å². The molecule has 0 aliphatic rings. The molecule has 1 heterocycles. The molecule has 0 unspecified atom stereocenters. The molecule has 0 amide bonds. The topological polar surface area (TPSA) is 30.7 Å². The minimum atomic E-state index is 0.708. The lowest BCUT2D eigenvalue weighted by molar-refractivity contribution is 0.758. The largest absolute Gasteiger partial charge is 0.218 e. The van der Waals surface area contributed by atoms with Gasteiger partial charge in [-0.3, -0.25) is 0 Å². The van der Waals surface area contributed by atoms with Crippen LogP contribution in [0, 0.1) is 19.3 Å². The van der Waals surface area contributed by atoms with Gasteiger partial charge in [-0.2, -0.15) is 0 Å². The SMILES string of the molecule is C#CCCc1cnnn1-c1cccc(C)c1. The van der Waals surface area contributed by atoms with E-state index in [0.29, 0.717) is 6.42 Å². The number of aryl methyl sites for hydroxylation is 2. The number of terminal acetylenes is 1. The van der Waals surface area contributed by atoms with Gasteiger partial charge in [0.05, 0.1) is 17.6 Å². The first-order valence-electron chi connectivity index (χ1n) is 5.21. The van der Waals surface area contributed by atoms with Crippen LogP contribution < -0.4 is 0 Å². The fourth-order valence-corrected chi connectivity index (χ4v) is 1.60. The molecule has 3 heteroatoms. The second-order valence-corrected chi connectivity index (χ2v) is 3.68. The number of hydrogen-bond donors (Lipinski definition) is 0. The molecule has 0 bridgehead atoms. The molecule has 0 fully saturated rings. The predicted octanol–water partition coefficient (Wildman–Crippen LogP) is 2.14. The average molecular weight is 211 g/mol. The van der Waals surface area contributed by atoms with Crippen molar-refractivity contribution in [1.82, 2.24) is 15.0 Å². The highest BCUT2D eigenvalue weighted by atomic mass is 15.4. The molecular formula is C13H13N3. The molecular weight excluding hydrogens is 198 g/mol. The fourth-order valence-electron chi connectivity index (χ4n) is 1.60. The molecule has 1 aromatic carbocycles. The lowest BCUT2D eigenvalue weighted by Crippen LogP contribution is -2.02. The second-order valence-electron chi connectivity index (χ2n) is 3.68. The highest BCUT2D eigenvalue weighted by Crippen LogP contribution is 2.12. The first-order chi connectivity index (χ1) is 7.81. The maximum atomic E-state index is 5.26. The zero-order valence-electron chi connectivity index (χ0n) is 9.22. The third-order valence-electron chi connectivity index (χ3n) is 2.39. The maximum absolute atomic E-state index is 5.26. The van der Waals surface area contributed by atoms with Gasteiger partial charge in [-0.15, -0.1) is 17.4 Å². The summed E-state index contributed by atoms with van der Waals surface area (Å²) < 4.78 is 1.84. The Balaban J connectivity index is 2.34. The van der Waals surface area contributed by atoms with Gasteiger partial charge in [0, 0.05) is 12.8 Å². The summed E-state index contributed by atoms with van der Waals surface area (Å²) >= 11 is 0. The van der Waals surface area contributed by atoms with Crippen LogP contribution in [0.3, 0.4) is 0 Å². The molecule has 0 aliphatic carbocycles. The van der Waals surface area contributed by atoms with Crippen molar-refractivity contribution in [3.8, 4) is 18.0 Å². The molecule has 16 heavy (non-hydrogen) atoms. The number of rotatable bonds is 3. The zero-order valence-corrected chi connectivity index (χ0v) is 9.22. The van der Waals surface area contributed by atoms with Crippen LogP contribution in [0.15, 0.2) is 30.5 Å². The van der Waals surface area contributed by atoms with Gasteiger partial charge in [0.25, 0.3) is 0 Å². The summed E-state index contributed by atoms with van der Waals surface area (Å²) in [6.07, 6.45) is 8.53. The van der Waals surface area contributed by atoms with Gasteiger partial charge in [-0.05, 0) is 24.6 Å². The second kappa shape index (κ2) is 4.63. The van der Waals surface area contributed by atoms with Crippen molar-refractivity contribution in [3.63, 3.8) is 0 Å². The Bertz CT molecular complexity index is 520. The Hall–Kier alpha value is -2.08. The van der Waals surface area contributed by atoms with Crippen molar-refractivity contribution in [2.24, 2.45) is 0 Å². The van der Waals surface area contributed by atoms with Gasteiger partial charge in [-0.1, -0.05) is 17.3 Å². The van der Waals surface area contributed by atoms with E-state index in [2.05, 4.69) is 35.3 Å². The van der Waals surface area contributed by atoms with Crippen LogP contribution in [0.4, 0.5) is 0 Å². The molecule has 2 rings (SSSR count). The number of benzene rings is 1. The molecule has 0 atom stereocenters. The van der Waals surface area contributed by atoms with Crippen LogP contribution in [0.25, 0.3) is 5.69 Å². The van der Waals surface area contributed by atoms with Crippen molar-refractivity contribution in [2.75, 3.05) is 0 Å². The van der Waals surface area contributed by atoms with E-state index in [0.717, 1.165) is 17.8 Å². The molecule has 3 nitrogen and oxygen atoms in total. The Morgan fingerprint density at radius 1 is 1.44 bits per heavy atom. The minimum Gasteiger partial charge on any atom is -0.218 e. The van der Waals surface area contributed by atoms with Crippen molar-refractivity contribution in [1.29, 1.82) is 0 Å². The van der Waals surface area contributed by atoms with Crippen LogP contribution in [0.2, 0.25) is 0 Å². The highest BCUT2D eigenvalue weighted by Gasteiger charge is 2.05. The van der Waals surface area contributed by atoms with Gasteiger partial charge in [-0.25, -0.2) is 4.68 Å². The Kier molecular flexibility index (Phi) is 3.02. The summed E-state index contributed by atoms with van der Waals surface area (Å²) in [6.45, 7) is 2.06. The summed E-state index contributed by atoms with van der Waals surface area (Å²) in [7, 11) is 0. The van der Waals surface area contributed by atoms with E-state index in [9.17, 15) is 0 Å². The van der Waals surface area contributed by atoms with Gasteiger partial charge < -0.3 is 0 Å². The molecule has 80 valence electrons. The quantitative estimate of drug-likeness (QED) is 0.728. The monoisotopic (exact) mass is 211 g/mol. The molecule has 0 N–H and O–H groups in total. The molecule has 2 aromatic rings. The van der Waals surface area contributed by atoms with Crippen LogP contribution in [-0.2, 0) is 6.42 Å².